The lowest BCUT2D eigenvalue weighted by Crippen LogP contribution is -2.39. The minimum absolute atomic E-state index is 0.0430. The normalized spacial score (nSPS) is 16.0. The van der Waals surface area contributed by atoms with Crippen molar-refractivity contribution in [2.45, 2.75) is 18.9 Å². The highest BCUT2D eigenvalue weighted by atomic mass is 32.1. The highest BCUT2D eigenvalue weighted by molar-refractivity contribution is 7.18. The van der Waals surface area contributed by atoms with Crippen molar-refractivity contribution in [2.75, 3.05) is 13.1 Å². The lowest BCUT2D eigenvalue weighted by Gasteiger charge is -2.23. The Morgan fingerprint density at radius 3 is 2.77 bits per heavy atom. The van der Waals surface area contributed by atoms with Crippen molar-refractivity contribution < 1.29 is 14.1 Å². The van der Waals surface area contributed by atoms with Gasteiger partial charge in [0.1, 0.15) is 5.01 Å². The van der Waals surface area contributed by atoms with Crippen LogP contribution < -0.4 is 5.32 Å². The van der Waals surface area contributed by atoms with E-state index >= 15 is 0 Å². The third-order valence-electron chi connectivity index (χ3n) is 5.37. The van der Waals surface area contributed by atoms with Gasteiger partial charge >= 0.3 is 0 Å². The molecule has 2 aromatic carbocycles. The van der Waals surface area contributed by atoms with Crippen LogP contribution in [-0.4, -0.2) is 39.9 Å². The van der Waals surface area contributed by atoms with Crippen molar-refractivity contribution in [3.05, 3.63) is 71.4 Å². The Morgan fingerprint density at radius 2 is 1.94 bits per heavy atom. The van der Waals surface area contributed by atoms with Crippen LogP contribution in [0, 0.1) is 0 Å². The van der Waals surface area contributed by atoms with Crippen LogP contribution in [0.3, 0.4) is 0 Å². The molecule has 7 nitrogen and oxygen atoms in total. The van der Waals surface area contributed by atoms with Crippen molar-refractivity contribution in [3.63, 3.8) is 0 Å². The van der Waals surface area contributed by atoms with Gasteiger partial charge in [-0.25, -0.2) is 4.98 Å². The minimum atomic E-state index is -0.435. The van der Waals surface area contributed by atoms with Gasteiger partial charge in [0.25, 0.3) is 5.91 Å². The van der Waals surface area contributed by atoms with Crippen LogP contribution in [0.5, 0.6) is 0 Å². The van der Waals surface area contributed by atoms with Crippen molar-refractivity contribution >= 4 is 33.4 Å². The maximum atomic E-state index is 12.9. The second-order valence-corrected chi connectivity index (χ2v) is 8.45. The van der Waals surface area contributed by atoms with E-state index in [1.54, 1.807) is 17.4 Å². The molecule has 2 amide bonds. The Kier molecular flexibility index (Phi) is 5.21. The monoisotopic (exact) mass is 432 g/mol. The molecule has 3 heterocycles. The number of likely N-dealkylation sites (tertiary alicyclic amines) is 1. The lowest BCUT2D eigenvalue weighted by atomic mass is 10.1. The number of para-hydroxylation sites is 1. The number of rotatable bonds is 5. The first-order valence-electron chi connectivity index (χ1n) is 10.1. The van der Waals surface area contributed by atoms with Gasteiger partial charge in [0.15, 0.2) is 11.5 Å². The van der Waals surface area contributed by atoms with E-state index in [9.17, 15) is 9.59 Å². The lowest BCUT2D eigenvalue weighted by molar-refractivity contribution is -0.131. The summed E-state index contributed by atoms with van der Waals surface area (Å²) in [5.74, 6) is -0.0515. The van der Waals surface area contributed by atoms with E-state index in [0.29, 0.717) is 12.3 Å². The molecule has 156 valence electrons. The molecule has 1 fully saturated rings. The number of nitrogens with one attached hydrogen (secondary N) is 1. The van der Waals surface area contributed by atoms with Crippen molar-refractivity contribution in [1.29, 1.82) is 0 Å². The second-order valence-electron chi connectivity index (χ2n) is 7.39. The highest BCUT2D eigenvalue weighted by Crippen LogP contribution is 2.36. The molecule has 1 aliphatic heterocycles. The fourth-order valence-electron chi connectivity index (χ4n) is 3.82. The number of carbonyl (C=O) groups excluding carboxylic acids is 2. The predicted molar refractivity (Wildman–Crippen MR) is 118 cm³/mol. The van der Waals surface area contributed by atoms with E-state index in [4.69, 9.17) is 9.51 Å². The number of aromatic nitrogens is 2. The Bertz CT molecular complexity index is 1200. The number of thiazole rings is 1. The summed E-state index contributed by atoms with van der Waals surface area (Å²) < 4.78 is 6.39. The molecule has 0 saturated carbocycles. The molecule has 2 aromatic heterocycles. The summed E-state index contributed by atoms with van der Waals surface area (Å²) in [6.45, 7) is 0.575. The van der Waals surface area contributed by atoms with Crippen LogP contribution in [-0.2, 0) is 4.79 Å². The first kappa shape index (κ1) is 19.4. The zero-order chi connectivity index (χ0) is 21.2. The van der Waals surface area contributed by atoms with Gasteiger partial charge in [-0.3, -0.25) is 9.59 Å². The second kappa shape index (κ2) is 8.31. The van der Waals surface area contributed by atoms with Gasteiger partial charge in [-0.2, -0.15) is 0 Å². The van der Waals surface area contributed by atoms with Gasteiger partial charge < -0.3 is 14.7 Å². The zero-order valence-corrected chi connectivity index (χ0v) is 17.5. The van der Waals surface area contributed by atoms with E-state index in [-0.39, 0.29) is 24.2 Å². The molecule has 0 aliphatic carbocycles. The summed E-state index contributed by atoms with van der Waals surface area (Å²) in [5, 5.41) is 7.45. The van der Waals surface area contributed by atoms with E-state index in [2.05, 4.69) is 10.5 Å². The standard InChI is InChI=1S/C23H20N4O3S/c28-21(14-24-22(29)17-13-19(30-26-17)15-7-2-1-3-8-15)27-12-6-10-18(27)23-25-16-9-4-5-11-20(16)31-23/h1-5,7-9,11,13,18H,6,10,12,14H2,(H,24,29). The van der Waals surface area contributed by atoms with Gasteiger partial charge in [0.2, 0.25) is 5.91 Å². The van der Waals surface area contributed by atoms with Crippen molar-refractivity contribution in [2.24, 2.45) is 0 Å². The Balaban J connectivity index is 1.23. The van der Waals surface area contributed by atoms with Gasteiger partial charge in [0.05, 0.1) is 22.8 Å². The van der Waals surface area contributed by atoms with Crippen LogP contribution in [0.25, 0.3) is 21.5 Å². The molecule has 31 heavy (non-hydrogen) atoms. The third-order valence-corrected chi connectivity index (χ3v) is 6.51. The molecule has 5 rings (SSSR count). The number of benzene rings is 2. The van der Waals surface area contributed by atoms with E-state index in [1.165, 1.54) is 0 Å². The summed E-state index contributed by atoms with van der Waals surface area (Å²) >= 11 is 1.62. The molecule has 0 radical (unpaired) electrons. The summed E-state index contributed by atoms with van der Waals surface area (Å²) in [6, 6.07) is 18.9. The molecule has 1 atom stereocenters. The van der Waals surface area contributed by atoms with Crippen molar-refractivity contribution in [3.8, 4) is 11.3 Å². The van der Waals surface area contributed by atoms with E-state index in [1.807, 2.05) is 59.5 Å². The molecule has 1 aliphatic rings. The first-order chi connectivity index (χ1) is 15.2. The third kappa shape index (κ3) is 3.94. The first-order valence-corrected chi connectivity index (χ1v) is 11.0. The molecule has 0 spiro atoms. The SMILES string of the molecule is O=C(NCC(=O)N1CCCC1c1nc2ccccc2s1)c1cc(-c2ccccc2)on1. The van der Waals surface area contributed by atoms with Crippen LogP contribution in [0.15, 0.2) is 65.2 Å². The molecule has 4 aromatic rings. The van der Waals surface area contributed by atoms with Gasteiger partial charge in [-0.1, -0.05) is 47.6 Å². The number of hydrogen-bond donors (Lipinski definition) is 1. The predicted octanol–water partition coefficient (Wildman–Crippen LogP) is 4.04. The summed E-state index contributed by atoms with van der Waals surface area (Å²) in [5.41, 5.74) is 1.94. The minimum Gasteiger partial charge on any atom is -0.355 e. The quantitative estimate of drug-likeness (QED) is 0.514. The van der Waals surface area contributed by atoms with Crippen LogP contribution in [0.4, 0.5) is 0 Å². The number of carbonyl (C=O) groups is 2. The average molecular weight is 433 g/mol. The van der Waals surface area contributed by atoms with E-state index in [0.717, 1.165) is 33.6 Å². The summed E-state index contributed by atoms with van der Waals surface area (Å²) in [4.78, 5) is 31.8. The Hall–Kier alpha value is -3.52. The summed E-state index contributed by atoms with van der Waals surface area (Å²) in [6.07, 6.45) is 1.80. The fraction of sp³-hybridized carbons (Fsp3) is 0.217. The van der Waals surface area contributed by atoms with Crippen molar-refractivity contribution in [1.82, 2.24) is 20.4 Å². The smallest absolute Gasteiger partial charge is 0.273 e. The number of fused-ring (bicyclic) bond motifs is 1. The highest BCUT2D eigenvalue weighted by Gasteiger charge is 2.32. The number of nitrogens with zero attached hydrogens (tertiary/aromatic N) is 3. The van der Waals surface area contributed by atoms with Gasteiger partial charge in [-0.05, 0) is 25.0 Å². The van der Waals surface area contributed by atoms with Gasteiger partial charge in [0, 0.05) is 18.2 Å². The van der Waals surface area contributed by atoms with Crippen LogP contribution in [0.2, 0.25) is 0 Å². The maximum absolute atomic E-state index is 12.9. The molecular weight excluding hydrogens is 412 g/mol. The molecule has 1 saturated heterocycles. The molecule has 8 heteroatoms. The molecule has 1 unspecified atom stereocenters. The zero-order valence-electron chi connectivity index (χ0n) is 16.7. The molecule has 1 N–H and O–H groups in total. The Labute approximate surface area is 182 Å². The summed E-state index contributed by atoms with van der Waals surface area (Å²) in [7, 11) is 0. The topological polar surface area (TPSA) is 88.3 Å². The van der Waals surface area contributed by atoms with Crippen LogP contribution in [0.1, 0.15) is 34.4 Å². The Morgan fingerprint density at radius 1 is 1.13 bits per heavy atom. The van der Waals surface area contributed by atoms with Crippen LogP contribution >= 0.6 is 11.3 Å². The largest absolute Gasteiger partial charge is 0.355 e. The maximum Gasteiger partial charge on any atom is 0.273 e. The number of amides is 2. The van der Waals surface area contributed by atoms with Gasteiger partial charge in [-0.15, -0.1) is 11.3 Å². The average Bonchev–Trinajstić information content (AvgIpc) is 3.56. The number of hydrogen-bond acceptors (Lipinski definition) is 6. The fourth-order valence-corrected chi connectivity index (χ4v) is 4.94. The molecular formula is C23H20N4O3S. The molecule has 0 bridgehead atoms. The van der Waals surface area contributed by atoms with E-state index < -0.39 is 5.91 Å².